The largest absolute Gasteiger partial charge is 0.454 e. The highest BCUT2D eigenvalue weighted by atomic mass is 32.1. The van der Waals surface area contributed by atoms with Gasteiger partial charge < -0.3 is 9.47 Å². The lowest BCUT2D eigenvalue weighted by Gasteiger charge is -1.99. The molecular weight excluding hydrogens is 318 g/mol. The highest BCUT2D eigenvalue weighted by Crippen LogP contribution is 2.36. The molecule has 1 amide bonds. The lowest BCUT2D eigenvalue weighted by Crippen LogP contribution is -2.13. The number of hydrogen-bond acceptors (Lipinski definition) is 7. The molecular formula is C14H11N5O3S. The first-order valence-electron chi connectivity index (χ1n) is 6.71. The van der Waals surface area contributed by atoms with Crippen molar-refractivity contribution in [1.29, 1.82) is 0 Å². The smallest absolute Gasteiger partial charge is 0.277 e. The predicted molar refractivity (Wildman–Crippen MR) is 82.6 cm³/mol. The minimum Gasteiger partial charge on any atom is -0.454 e. The average Bonchev–Trinajstić information content (AvgIpc) is 3.26. The third kappa shape index (κ3) is 2.61. The number of ether oxygens (including phenoxy) is 2. The molecule has 0 fully saturated rings. The third-order valence-corrected chi connectivity index (χ3v) is 4.07. The molecule has 0 atom stereocenters. The van der Waals surface area contributed by atoms with Gasteiger partial charge in [0.1, 0.15) is 17.0 Å². The number of hydrogen-bond donors (Lipinski definition) is 1. The minimum atomic E-state index is -0.348. The maximum absolute atomic E-state index is 12.2. The Kier molecular flexibility index (Phi) is 3.19. The van der Waals surface area contributed by atoms with Gasteiger partial charge in [-0.25, -0.2) is 9.97 Å². The topological polar surface area (TPSA) is 91.2 Å². The van der Waals surface area contributed by atoms with Crippen molar-refractivity contribution >= 4 is 23.2 Å². The normalized spacial score (nSPS) is 12.4. The zero-order chi connectivity index (χ0) is 15.8. The Morgan fingerprint density at radius 2 is 2.22 bits per heavy atom. The molecule has 23 heavy (non-hydrogen) atoms. The van der Waals surface area contributed by atoms with E-state index in [1.54, 1.807) is 12.4 Å². The van der Waals surface area contributed by atoms with E-state index in [0.717, 1.165) is 10.6 Å². The lowest BCUT2D eigenvalue weighted by molar-refractivity contribution is 0.102. The van der Waals surface area contributed by atoms with Crippen LogP contribution < -0.4 is 14.8 Å². The van der Waals surface area contributed by atoms with Crippen molar-refractivity contribution in [2.45, 2.75) is 0 Å². The Hall–Kier alpha value is -2.94. The van der Waals surface area contributed by atoms with Crippen molar-refractivity contribution in [1.82, 2.24) is 19.7 Å². The van der Waals surface area contributed by atoms with Crippen LogP contribution in [0.1, 0.15) is 10.5 Å². The van der Waals surface area contributed by atoms with Crippen molar-refractivity contribution < 1.29 is 14.3 Å². The van der Waals surface area contributed by atoms with Crippen molar-refractivity contribution in [2.24, 2.45) is 7.05 Å². The van der Waals surface area contributed by atoms with Gasteiger partial charge in [-0.3, -0.25) is 14.8 Å². The summed E-state index contributed by atoms with van der Waals surface area (Å²) in [7, 11) is 1.73. The maximum Gasteiger partial charge on any atom is 0.277 e. The zero-order valence-corrected chi connectivity index (χ0v) is 12.8. The monoisotopic (exact) mass is 329 g/mol. The minimum absolute atomic E-state index is 0.224. The fourth-order valence-corrected chi connectivity index (χ4v) is 2.90. The zero-order valence-electron chi connectivity index (χ0n) is 12.0. The summed E-state index contributed by atoms with van der Waals surface area (Å²) in [6, 6.07) is 5.56. The van der Waals surface area contributed by atoms with Gasteiger partial charge in [-0.2, -0.15) is 0 Å². The van der Waals surface area contributed by atoms with Crippen LogP contribution in [0.4, 0.5) is 5.95 Å². The number of amides is 1. The van der Waals surface area contributed by atoms with Crippen LogP contribution in [0.25, 0.3) is 10.6 Å². The molecule has 0 spiro atoms. The number of nitrogens with one attached hydrogen (secondary N) is 1. The molecule has 1 aliphatic rings. The van der Waals surface area contributed by atoms with Crippen LogP contribution in [-0.4, -0.2) is 32.4 Å². The van der Waals surface area contributed by atoms with Gasteiger partial charge in [-0.1, -0.05) is 0 Å². The van der Waals surface area contributed by atoms with E-state index in [1.165, 1.54) is 22.3 Å². The van der Waals surface area contributed by atoms with Gasteiger partial charge in [0.05, 0.1) is 0 Å². The van der Waals surface area contributed by atoms with Crippen molar-refractivity contribution in [3.05, 3.63) is 35.6 Å². The Labute approximate surface area is 134 Å². The molecule has 0 radical (unpaired) electrons. The SMILES string of the molecule is Cn1cnc(NC(=O)c2csc(-c3ccc4c(c3)OCO4)n2)n1. The molecule has 1 aromatic carbocycles. The van der Waals surface area contributed by atoms with Crippen molar-refractivity contribution in [3.63, 3.8) is 0 Å². The first-order chi connectivity index (χ1) is 11.2. The predicted octanol–water partition coefficient (Wildman–Crippen LogP) is 1.92. The Morgan fingerprint density at radius 3 is 3.04 bits per heavy atom. The molecule has 2 aromatic heterocycles. The van der Waals surface area contributed by atoms with Gasteiger partial charge in [0.2, 0.25) is 12.7 Å². The van der Waals surface area contributed by atoms with Gasteiger partial charge in [-0.15, -0.1) is 16.4 Å². The Balaban J connectivity index is 1.55. The van der Waals surface area contributed by atoms with E-state index in [0.29, 0.717) is 17.2 Å². The highest BCUT2D eigenvalue weighted by molar-refractivity contribution is 7.13. The van der Waals surface area contributed by atoms with Crippen LogP contribution in [-0.2, 0) is 7.05 Å². The Morgan fingerprint density at radius 1 is 1.35 bits per heavy atom. The number of carbonyl (C=O) groups excluding carboxylic acids is 1. The van der Waals surface area contributed by atoms with Crippen LogP contribution in [0.3, 0.4) is 0 Å². The second-order valence-corrected chi connectivity index (χ2v) is 5.66. The highest BCUT2D eigenvalue weighted by Gasteiger charge is 2.17. The standard InChI is InChI=1S/C14H11N5O3S/c1-19-6-15-14(18-19)17-12(20)9-5-23-13(16-9)8-2-3-10-11(4-8)22-7-21-10/h2-6H,7H2,1H3,(H,17,18,20). The summed E-state index contributed by atoms with van der Waals surface area (Å²) in [4.78, 5) is 20.5. The summed E-state index contributed by atoms with van der Waals surface area (Å²) >= 11 is 1.38. The molecule has 3 heterocycles. The molecule has 3 aromatic rings. The summed E-state index contributed by atoms with van der Waals surface area (Å²) in [5, 5.41) is 9.02. The first-order valence-corrected chi connectivity index (χ1v) is 7.59. The average molecular weight is 329 g/mol. The molecule has 8 nitrogen and oxygen atoms in total. The quantitative estimate of drug-likeness (QED) is 0.789. The molecule has 0 aliphatic carbocycles. The second-order valence-electron chi connectivity index (χ2n) is 4.80. The van der Waals surface area contributed by atoms with Crippen molar-refractivity contribution in [3.8, 4) is 22.1 Å². The van der Waals surface area contributed by atoms with E-state index in [2.05, 4.69) is 20.4 Å². The molecule has 116 valence electrons. The first kappa shape index (κ1) is 13.7. The van der Waals surface area contributed by atoms with Crippen LogP contribution in [0, 0.1) is 0 Å². The third-order valence-electron chi connectivity index (χ3n) is 3.18. The fraction of sp³-hybridized carbons (Fsp3) is 0.143. The van der Waals surface area contributed by atoms with E-state index < -0.39 is 0 Å². The molecule has 1 aliphatic heterocycles. The molecule has 0 saturated carbocycles. The summed E-state index contributed by atoms with van der Waals surface area (Å²) in [5.41, 5.74) is 1.18. The van der Waals surface area contributed by atoms with Crippen LogP contribution in [0.2, 0.25) is 0 Å². The fourth-order valence-electron chi connectivity index (χ4n) is 2.10. The van der Waals surface area contributed by atoms with Gasteiger partial charge in [0.25, 0.3) is 5.91 Å². The second kappa shape index (κ2) is 5.36. The molecule has 4 rings (SSSR count). The van der Waals surface area contributed by atoms with Crippen LogP contribution >= 0.6 is 11.3 Å². The molecule has 9 heteroatoms. The molecule has 0 bridgehead atoms. The summed E-state index contributed by atoms with van der Waals surface area (Å²) in [6.45, 7) is 0.224. The number of rotatable bonds is 3. The van der Waals surface area contributed by atoms with E-state index in [1.807, 2.05) is 18.2 Å². The van der Waals surface area contributed by atoms with E-state index in [9.17, 15) is 4.79 Å². The number of carbonyl (C=O) groups is 1. The summed E-state index contributed by atoms with van der Waals surface area (Å²) < 4.78 is 12.1. The number of aromatic nitrogens is 4. The number of nitrogens with zero attached hydrogens (tertiary/aromatic N) is 4. The van der Waals surface area contributed by atoms with Gasteiger partial charge in [-0.05, 0) is 18.2 Å². The number of thiazole rings is 1. The number of benzene rings is 1. The molecule has 0 saturated heterocycles. The summed E-state index contributed by atoms with van der Waals surface area (Å²) in [5.74, 6) is 1.29. The van der Waals surface area contributed by atoms with Gasteiger partial charge in [0, 0.05) is 18.0 Å². The Bertz CT molecular complexity index is 888. The van der Waals surface area contributed by atoms with E-state index >= 15 is 0 Å². The molecule has 0 unspecified atom stereocenters. The number of fused-ring (bicyclic) bond motifs is 1. The van der Waals surface area contributed by atoms with Crippen molar-refractivity contribution in [2.75, 3.05) is 12.1 Å². The van der Waals surface area contributed by atoms with Gasteiger partial charge in [0.15, 0.2) is 11.5 Å². The molecule has 1 N–H and O–H groups in total. The van der Waals surface area contributed by atoms with Crippen LogP contribution in [0.15, 0.2) is 29.9 Å². The lowest BCUT2D eigenvalue weighted by atomic mass is 10.2. The number of anilines is 1. The van der Waals surface area contributed by atoms with E-state index in [4.69, 9.17) is 9.47 Å². The van der Waals surface area contributed by atoms with E-state index in [-0.39, 0.29) is 18.6 Å². The number of aryl methyl sites for hydroxylation is 1. The van der Waals surface area contributed by atoms with Crippen LogP contribution in [0.5, 0.6) is 11.5 Å². The maximum atomic E-state index is 12.2. The summed E-state index contributed by atoms with van der Waals surface area (Å²) in [6.07, 6.45) is 1.51. The van der Waals surface area contributed by atoms with Gasteiger partial charge >= 0.3 is 0 Å².